The number of imidazole rings is 1. The van der Waals surface area contributed by atoms with Crippen LogP contribution < -0.4 is 5.32 Å². The lowest BCUT2D eigenvalue weighted by Gasteiger charge is -2.37. The van der Waals surface area contributed by atoms with Crippen LogP contribution in [0.25, 0.3) is 22.3 Å². The van der Waals surface area contributed by atoms with Crippen molar-refractivity contribution in [1.29, 1.82) is 0 Å². The quantitative estimate of drug-likeness (QED) is 0.345. The van der Waals surface area contributed by atoms with Gasteiger partial charge in [0.25, 0.3) is 0 Å². The van der Waals surface area contributed by atoms with E-state index in [1.165, 1.54) is 6.07 Å². The Labute approximate surface area is 221 Å². The monoisotopic (exact) mass is 520 g/mol. The van der Waals surface area contributed by atoms with Crippen LogP contribution in [0.1, 0.15) is 50.7 Å². The van der Waals surface area contributed by atoms with Crippen LogP contribution in [-0.4, -0.2) is 67.5 Å². The summed E-state index contributed by atoms with van der Waals surface area (Å²) in [6.45, 7) is 12.2. The lowest BCUT2D eigenvalue weighted by Crippen LogP contribution is -2.45. The Morgan fingerprint density at radius 1 is 0.974 bits per heavy atom. The first-order valence-electron chi connectivity index (χ1n) is 13.1. The number of benzene rings is 1. The number of nitrogens with one attached hydrogen (secondary N) is 1. The number of aryl methyl sites for hydroxylation is 1. The summed E-state index contributed by atoms with van der Waals surface area (Å²) in [5.74, 6) is 0.277. The molecule has 1 atom stereocenters. The normalized spacial score (nSPS) is 15.9. The SMILES string of the molecule is CCC(c1ccc(Nc2ncc(F)c(-c3cc(F)c4nc(C)n(C(C)C)c4c3)n2)nc1)N1CCN(C)CC1. The van der Waals surface area contributed by atoms with Crippen molar-refractivity contribution in [3.05, 3.63) is 59.7 Å². The molecule has 1 unspecified atom stereocenters. The number of anilines is 2. The van der Waals surface area contributed by atoms with Crippen molar-refractivity contribution in [3.8, 4) is 11.3 Å². The summed E-state index contributed by atoms with van der Waals surface area (Å²) in [4.78, 5) is 22.2. The van der Waals surface area contributed by atoms with E-state index in [0.717, 1.165) is 44.4 Å². The molecule has 1 aliphatic rings. The van der Waals surface area contributed by atoms with Gasteiger partial charge in [0.2, 0.25) is 5.95 Å². The molecule has 1 fully saturated rings. The minimum atomic E-state index is -0.636. The van der Waals surface area contributed by atoms with Crippen LogP contribution in [0.2, 0.25) is 0 Å². The van der Waals surface area contributed by atoms with E-state index in [4.69, 9.17) is 0 Å². The zero-order valence-electron chi connectivity index (χ0n) is 22.5. The fourth-order valence-electron chi connectivity index (χ4n) is 5.32. The second kappa shape index (κ2) is 10.7. The number of hydrogen-bond acceptors (Lipinski definition) is 7. The summed E-state index contributed by atoms with van der Waals surface area (Å²) < 4.78 is 31.8. The van der Waals surface area contributed by atoms with E-state index in [1.54, 1.807) is 6.07 Å². The predicted molar refractivity (Wildman–Crippen MR) is 145 cm³/mol. The van der Waals surface area contributed by atoms with Crippen LogP contribution in [0.3, 0.4) is 0 Å². The number of nitrogens with zero attached hydrogens (tertiary/aromatic N) is 7. The number of aromatic nitrogens is 5. The molecule has 3 aromatic heterocycles. The van der Waals surface area contributed by atoms with E-state index < -0.39 is 11.6 Å². The van der Waals surface area contributed by atoms with E-state index >= 15 is 0 Å². The highest BCUT2D eigenvalue weighted by Gasteiger charge is 2.23. The zero-order valence-corrected chi connectivity index (χ0v) is 22.5. The van der Waals surface area contributed by atoms with Crippen LogP contribution in [0, 0.1) is 18.6 Å². The van der Waals surface area contributed by atoms with Crippen LogP contribution >= 0.6 is 0 Å². The van der Waals surface area contributed by atoms with Crippen molar-refractivity contribution >= 4 is 22.8 Å². The molecule has 8 nitrogen and oxygen atoms in total. The Hall–Kier alpha value is -3.50. The van der Waals surface area contributed by atoms with Gasteiger partial charge >= 0.3 is 0 Å². The molecule has 1 saturated heterocycles. The lowest BCUT2D eigenvalue weighted by molar-refractivity contribution is 0.109. The van der Waals surface area contributed by atoms with Gasteiger partial charge in [0.15, 0.2) is 11.6 Å². The van der Waals surface area contributed by atoms with E-state index in [-0.39, 0.29) is 23.2 Å². The smallest absolute Gasteiger partial charge is 0.229 e. The summed E-state index contributed by atoms with van der Waals surface area (Å²) in [5.41, 5.74) is 2.35. The fourth-order valence-corrected chi connectivity index (χ4v) is 5.32. The Kier molecular flexibility index (Phi) is 7.36. The first kappa shape index (κ1) is 26.1. The maximum Gasteiger partial charge on any atom is 0.229 e. The van der Waals surface area contributed by atoms with Gasteiger partial charge in [0.1, 0.15) is 22.9 Å². The molecule has 10 heteroatoms. The highest BCUT2D eigenvalue weighted by molar-refractivity contribution is 5.83. The number of halogens is 2. The van der Waals surface area contributed by atoms with Gasteiger partial charge in [0, 0.05) is 50.0 Å². The molecule has 0 saturated carbocycles. The minimum absolute atomic E-state index is 0.00944. The molecule has 0 amide bonds. The van der Waals surface area contributed by atoms with E-state index in [1.807, 2.05) is 37.6 Å². The summed E-state index contributed by atoms with van der Waals surface area (Å²) in [6.07, 6.45) is 3.96. The van der Waals surface area contributed by atoms with Crippen molar-refractivity contribution in [2.24, 2.45) is 0 Å². The summed E-state index contributed by atoms with van der Waals surface area (Å²) in [5, 5.41) is 3.06. The van der Waals surface area contributed by atoms with Crippen molar-refractivity contribution in [3.63, 3.8) is 0 Å². The van der Waals surface area contributed by atoms with Crippen LogP contribution in [-0.2, 0) is 0 Å². The standard InChI is InChI=1S/C28H34F2N8/c1-6-23(37-11-9-36(5)10-12-37)19-7-8-25(31-15-19)34-28-32-16-22(30)26(35-28)20-13-21(29)27-24(14-20)38(17(2)3)18(4)33-27/h7-8,13-17,23H,6,9-12H2,1-5H3,(H,31,32,34,35). The highest BCUT2D eigenvalue weighted by Crippen LogP contribution is 2.31. The third-order valence-electron chi connectivity index (χ3n) is 7.24. The van der Waals surface area contributed by atoms with Crippen molar-refractivity contribution in [1.82, 2.24) is 34.3 Å². The molecule has 1 N–H and O–H groups in total. The first-order valence-corrected chi connectivity index (χ1v) is 13.1. The maximum absolute atomic E-state index is 15.0. The molecule has 0 radical (unpaired) electrons. The molecule has 38 heavy (non-hydrogen) atoms. The summed E-state index contributed by atoms with van der Waals surface area (Å²) in [7, 11) is 2.15. The van der Waals surface area contributed by atoms with Gasteiger partial charge in [-0.2, -0.15) is 0 Å². The molecule has 0 spiro atoms. The minimum Gasteiger partial charge on any atom is -0.326 e. The van der Waals surface area contributed by atoms with Gasteiger partial charge in [0.05, 0.1) is 11.7 Å². The van der Waals surface area contributed by atoms with Crippen molar-refractivity contribution in [2.75, 3.05) is 38.5 Å². The van der Waals surface area contributed by atoms with E-state index in [0.29, 0.717) is 28.8 Å². The van der Waals surface area contributed by atoms with Gasteiger partial charge in [-0.3, -0.25) is 4.90 Å². The Morgan fingerprint density at radius 3 is 2.39 bits per heavy atom. The van der Waals surface area contributed by atoms with Gasteiger partial charge in [-0.1, -0.05) is 13.0 Å². The molecule has 4 heterocycles. The van der Waals surface area contributed by atoms with Gasteiger partial charge < -0.3 is 14.8 Å². The topological polar surface area (TPSA) is 75.0 Å². The summed E-state index contributed by atoms with van der Waals surface area (Å²) >= 11 is 0. The number of rotatable bonds is 7. The average molecular weight is 521 g/mol. The van der Waals surface area contributed by atoms with Gasteiger partial charge in [-0.05, 0) is 58.0 Å². The Balaban J connectivity index is 1.40. The number of pyridine rings is 1. The Morgan fingerprint density at radius 2 is 1.74 bits per heavy atom. The highest BCUT2D eigenvalue weighted by atomic mass is 19.1. The van der Waals surface area contributed by atoms with Crippen LogP contribution in [0.15, 0.2) is 36.7 Å². The molecule has 1 aliphatic heterocycles. The van der Waals surface area contributed by atoms with Gasteiger partial charge in [-0.15, -0.1) is 0 Å². The summed E-state index contributed by atoms with van der Waals surface area (Å²) in [6, 6.07) is 7.32. The Bertz CT molecular complexity index is 1430. The zero-order chi connectivity index (χ0) is 27.0. The number of fused-ring (bicyclic) bond motifs is 1. The van der Waals surface area contributed by atoms with Crippen molar-refractivity contribution < 1.29 is 8.78 Å². The largest absolute Gasteiger partial charge is 0.326 e. The second-order valence-corrected chi connectivity index (χ2v) is 10.2. The number of likely N-dealkylation sites (N-methyl/N-ethyl adjacent to an activating group) is 1. The average Bonchev–Trinajstić information content (AvgIpc) is 3.24. The molecule has 4 aromatic rings. The maximum atomic E-state index is 15.0. The fraction of sp³-hybridized carbons (Fsp3) is 0.429. The molecule has 200 valence electrons. The predicted octanol–water partition coefficient (Wildman–Crippen LogP) is 5.50. The second-order valence-electron chi connectivity index (χ2n) is 10.2. The number of piperazine rings is 1. The molecular formula is C28H34F2N8. The molecular weight excluding hydrogens is 486 g/mol. The van der Waals surface area contributed by atoms with E-state index in [2.05, 4.69) is 55.1 Å². The third-order valence-corrected chi connectivity index (χ3v) is 7.24. The van der Waals surface area contributed by atoms with Crippen LogP contribution in [0.5, 0.6) is 0 Å². The lowest BCUT2D eigenvalue weighted by atomic mass is 10.0. The molecule has 0 bridgehead atoms. The third kappa shape index (κ3) is 5.10. The molecule has 0 aliphatic carbocycles. The first-order chi connectivity index (χ1) is 18.2. The van der Waals surface area contributed by atoms with E-state index in [9.17, 15) is 8.78 Å². The van der Waals surface area contributed by atoms with Crippen molar-refractivity contribution in [2.45, 2.75) is 46.2 Å². The van der Waals surface area contributed by atoms with Crippen LogP contribution in [0.4, 0.5) is 20.5 Å². The molecule has 1 aromatic carbocycles. The molecule has 5 rings (SSSR count). The van der Waals surface area contributed by atoms with Gasteiger partial charge in [-0.25, -0.2) is 28.7 Å². The number of hydrogen-bond donors (Lipinski definition) is 1.